The maximum Gasteiger partial charge on any atom is 0.226 e. The fourth-order valence-corrected chi connectivity index (χ4v) is 2.98. The molecule has 124 valence electrons. The summed E-state index contributed by atoms with van der Waals surface area (Å²) >= 11 is 0. The highest BCUT2D eigenvalue weighted by Gasteiger charge is 2.18. The van der Waals surface area contributed by atoms with Crippen LogP contribution in [0.3, 0.4) is 0 Å². The van der Waals surface area contributed by atoms with Crippen LogP contribution in [0.4, 0.5) is 17.1 Å². The molecule has 1 aliphatic heterocycles. The molecule has 3 rings (SSSR count). The number of rotatable bonds is 5. The lowest BCUT2D eigenvalue weighted by atomic mass is 10.2. The van der Waals surface area contributed by atoms with E-state index in [9.17, 15) is 9.59 Å². The van der Waals surface area contributed by atoms with Gasteiger partial charge in [0.15, 0.2) is 0 Å². The maximum atomic E-state index is 12.2. The molecule has 2 amide bonds. The van der Waals surface area contributed by atoms with Gasteiger partial charge in [-0.25, -0.2) is 0 Å². The summed E-state index contributed by atoms with van der Waals surface area (Å²) in [4.78, 5) is 25.5. The van der Waals surface area contributed by atoms with Crippen LogP contribution in [0.1, 0.15) is 18.9 Å². The molecule has 1 aliphatic rings. The van der Waals surface area contributed by atoms with Crippen molar-refractivity contribution in [2.24, 2.45) is 0 Å². The summed E-state index contributed by atoms with van der Waals surface area (Å²) in [5, 5.41) is 5.59. The number of para-hydroxylation sites is 1. The van der Waals surface area contributed by atoms with E-state index >= 15 is 0 Å². The van der Waals surface area contributed by atoms with Gasteiger partial charge < -0.3 is 15.5 Å². The van der Waals surface area contributed by atoms with Gasteiger partial charge in [0.25, 0.3) is 0 Å². The van der Waals surface area contributed by atoms with E-state index in [1.165, 1.54) is 18.2 Å². The Hall–Kier alpha value is -2.82. The summed E-state index contributed by atoms with van der Waals surface area (Å²) in [6, 6.07) is 15.5. The van der Waals surface area contributed by atoms with Crippen molar-refractivity contribution >= 4 is 28.9 Å². The van der Waals surface area contributed by atoms with Crippen molar-refractivity contribution in [3.63, 3.8) is 0 Å². The van der Waals surface area contributed by atoms with Crippen LogP contribution in [0.2, 0.25) is 0 Å². The van der Waals surface area contributed by atoms with E-state index in [-0.39, 0.29) is 11.8 Å². The van der Waals surface area contributed by atoms with Crippen LogP contribution in [0, 0.1) is 0 Å². The minimum Gasteiger partial charge on any atom is -0.370 e. The SMILES string of the molecule is CC(=O)Nc1cccc(NC(=O)CCN2CCc3ccccc32)c1. The van der Waals surface area contributed by atoms with Crippen molar-refractivity contribution in [3.05, 3.63) is 54.1 Å². The van der Waals surface area contributed by atoms with Gasteiger partial charge in [0.1, 0.15) is 0 Å². The van der Waals surface area contributed by atoms with Crippen LogP contribution < -0.4 is 15.5 Å². The predicted molar refractivity (Wildman–Crippen MR) is 96.4 cm³/mol. The van der Waals surface area contributed by atoms with E-state index in [1.807, 2.05) is 12.1 Å². The molecule has 24 heavy (non-hydrogen) atoms. The molecule has 0 aliphatic carbocycles. The second-order valence-corrected chi connectivity index (χ2v) is 5.93. The van der Waals surface area contributed by atoms with Crippen LogP contribution in [0.25, 0.3) is 0 Å². The van der Waals surface area contributed by atoms with Gasteiger partial charge in [0.05, 0.1) is 0 Å². The Morgan fingerprint density at radius 2 is 1.79 bits per heavy atom. The number of fused-ring (bicyclic) bond motifs is 1. The Morgan fingerprint density at radius 3 is 2.58 bits per heavy atom. The molecule has 0 fully saturated rings. The fraction of sp³-hybridized carbons (Fsp3) is 0.263. The molecule has 1 heterocycles. The molecule has 2 aromatic rings. The first kappa shape index (κ1) is 16.1. The Balaban J connectivity index is 1.54. The van der Waals surface area contributed by atoms with Crippen molar-refractivity contribution in [1.29, 1.82) is 0 Å². The maximum absolute atomic E-state index is 12.2. The van der Waals surface area contributed by atoms with Crippen LogP contribution in [-0.2, 0) is 16.0 Å². The lowest BCUT2D eigenvalue weighted by Gasteiger charge is -2.19. The van der Waals surface area contributed by atoms with E-state index in [1.54, 1.807) is 18.2 Å². The normalized spacial score (nSPS) is 12.6. The molecule has 0 saturated carbocycles. The zero-order valence-corrected chi connectivity index (χ0v) is 13.7. The van der Waals surface area contributed by atoms with Crippen molar-refractivity contribution < 1.29 is 9.59 Å². The van der Waals surface area contributed by atoms with E-state index in [0.29, 0.717) is 24.3 Å². The van der Waals surface area contributed by atoms with E-state index in [4.69, 9.17) is 0 Å². The Bertz CT molecular complexity index is 758. The summed E-state index contributed by atoms with van der Waals surface area (Å²) in [5.41, 5.74) is 3.95. The summed E-state index contributed by atoms with van der Waals surface area (Å²) in [5.74, 6) is -0.162. The molecule has 0 aromatic heterocycles. The van der Waals surface area contributed by atoms with Gasteiger partial charge in [-0.15, -0.1) is 0 Å². The van der Waals surface area contributed by atoms with E-state index in [0.717, 1.165) is 13.0 Å². The van der Waals surface area contributed by atoms with Gasteiger partial charge in [-0.1, -0.05) is 24.3 Å². The molecule has 0 saturated heterocycles. The molecule has 0 bridgehead atoms. The Morgan fingerprint density at radius 1 is 1.04 bits per heavy atom. The van der Waals surface area contributed by atoms with Crippen LogP contribution in [0.5, 0.6) is 0 Å². The number of hydrogen-bond donors (Lipinski definition) is 2. The third kappa shape index (κ3) is 3.93. The fourth-order valence-electron chi connectivity index (χ4n) is 2.98. The number of anilines is 3. The van der Waals surface area contributed by atoms with Gasteiger partial charge in [0, 0.05) is 43.5 Å². The standard InChI is InChI=1S/C19H21N3O2/c1-14(23)20-16-6-4-7-17(13-16)21-19(24)10-12-22-11-9-15-5-2-3-8-18(15)22/h2-8,13H,9-12H2,1H3,(H,20,23)(H,21,24). The average molecular weight is 323 g/mol. The lowest BCUT2D eigenvalue weighted by Crippen LogP contribution is -2.26. The number of nitrogens with one attached hydrogen (secondary N) is 2. The first-order valence-corrected chi connectivity index (χ1v) is 8.12. The third-order valence-corrected chi connectivity index (χ3v) is 4.06. The quantitative estimate of drug-likeness (QED) is 0.889. The summed E-state index contributed by atoms with van der Waals surface area (Å²) < 4.78 is 0. The monoisotopic (exact) mass is 323 g/mol. The third-order valence-electron chi connectivity index (χ3n) is 4.06. The molecule has 2 N–H and O–H groups in total. The highest BCUT2D eigenvalue weighted by molar-refractivity contribution is 5.93. The van der Waals surface area contributed by atoms with Crippen LogP contribution in [0.15, 0.2) is 48.5 Å². The molecule has 0 unspecified atom stereocenters. The van der Waals surface area contributed by atoms with Crippen LogP contribution >= 0.6 is 0 Å². The minimum atomic E-state index is -0.133. The molecule has 5 heteroatoms. The first-order chi connectivity index (χ1) is 11.6. The van der Waals surface area contributed by atoms with Gasteiger partial charge in [-0.2, -0.15) is 0 Å². The van der Waals surface area contributed by atoms with Crippen molar-refractivity contribution in [2.45, 2.75) is 19.8 Å². The van der Waals surface area contributed by atoms with Gasteiger partial charge in [-0.05, 0) is 36.2 Å². The number of nitrogens with zero attached hydrogens (tertiary/aromatic N) is 1. The van der Waals surface area contributed by atoms with Crippen molar-refractivity contribution in [2.75, 3.05) is 28.6 Å². The lowest BCUT2D eigenvalue weighted by molar-refractivity contribution is -0.116. The highest BCUT2D eigenvalue weighted by atomic mass is 16.2. The Labute approximate surface area is 141 Å². The predicted octanol–water partition coefficient (Wildman–Crippen LogP) is 3.04. The molecule has 2 aromatic carbocycles. The molecule has 0 spiro atoms. The number of amides is 2. The summed E-state index contributed by atoms with van der Waals surface area (Å²) in [6.07, 6.45) is 1.47. The summed E-state index contributed by atoms with van der Waals surface area (Å²) in [7, 11) is 0. The second-order valence-electron chi connectivity index (χ2n) is 5.93. The zero-order chi connectivity index (χ0) is 16.9. The molecule has 5 nitrogen and oxygen atoms in total. The minimum absolute atomic E-state index is 0.0284. The highest BCUT2D eigenvalue weighted by Crippen LogP contribution is 2.27. The number of benzene rings is 2. The number of carbonyl (C=O) groups is 2. The van der Waals surface area contributed by atoms with Crippen molar-refractivity contribution in [1.82, 2.24) is 0 Å². The summed E-state index contributed by atoms with van der Waals surface area (Å²) in [6.45, 7) is 3.12. The van der Waals surface area contributed by atoms with E-state index in [2.05, 4.69) is 33.7 Å². The number of carbonyl (C=O) groups excluding carboxylic acids is 2. The van der Waals surface area contributed by atoms with E-state index < -0.39 is 0 Å². The molecular formula is C19H21N3O2. The van der Waals surface area contributed by atoms with Gasteiger partial charge in [-0.3, -0.25) is 9.59 Å². The zero-order valence-electron chi connectivity index (χ0n) is 13.7. The second kappa shape index (κ2) is 7.17. The van der Waals surface area contributed by atoms with Gasteiger partial charge >= 0.3 is 0 Å². The van der Waals surface area contributed by atoms with Crippen molar-refractivity contribution in [3.8, 4) is 0 Å². The average Bonchev–Trinajstić information content (AvgIpc) is 2.96. The van der Waals surface area contributed by atoms with Crippen LogP contribution in [-0.4, -0.2) is 24.9 Å². The molecule has 0 radical (unpaired) electrons. The number of hydrogen-bond acceptors (Lipinski definition) is 3. The van der Waals surface area contributed by atoms with Gasteiger partial charge in [0.2, 0.25) is 11.8 Å². The molecular weight excluding hydrogens is 302 g/mol. The first-order valence-electron chi connectivity index (χ1n) is 8.12. The Kier molecular flexibility index (Phi) is 4.79. The largest absolute Gasteiger partial charge is 0.370 e. The smallest absolute Gasteiger partial charge is 0.226 e. The topological polar surface area (TPSA) is 61.4 Å². The molecule has 0 atom stereocenters.